The summed E-state index contributed by atoms with van der Waals surface area (Å²) in [6.45, 7) is 0. The second-order valence-electron chi connectivity index (χ2n) is 4.99. The molecule has 0 aliphatic heterocycles. The Labute approximate surface area is 145 Å². The van der Waals surface area contributed by atoms with Crippen LogP contribution in [-0.4, -0.2) is 44.3 Å². The Kier molecular flexibility index (Phi) is 5.07. The third kappa shape index (κ3) is 3.87. The number of carboxylic acids is 4. The molecule has 2 aromatic rings. The molecule has 0 fully saturated rings. The van der Waals surface area contributed by atoms with Crippen molar-refractivity contribution in [3.05, 3.63) is 58.7 Å². The molecule has 2 rings (SSSR count). The van der Waals surface area contributed by atoms with Crippen LogP contribution in [0.3, 0.4) is 0 Å². The second-order valence-corrected chi connectivity index (χ2v) is 4.99. The largest absolute Gasteiger partial charge is 0.478 e. The Bertz CT molecular complexity index is 847. The molecule has 0 aliphatic carbocycles. The number of anilines is 2. The monoisotopic (exact) mass is 360 g/mol. The van der Waals surface area contributed by atoms with Crippen molar-refractivity contribution in [1.82, 2.24) is 0 Å². The number of carbonyl (C=O) groups is 4. The molecule has 6 N–H and O–H groups in total. The Balaban J connectivity index is 2.26. The van der Waals surface area contributed by atoms with E-state index >= 15 is 0 Å². The fourth-order valence-corrected chi connectivity index (χ4v) is 2.12. The van der Waals surface area contributed by atoms with E-state index in [9.17, 15) is 19.2 Å². The number of carboxylic acid groups (broad SMARTS) is 4. The molecule has 0 bridgehead atoms. The number of benzene rings is 2. The van der Waals surface area contributed by atoms with Crippen molar-refractivity contribution in [3.8, 4) is 0 Å². The third-order valence-electron chi connectivity index (χ3n) is 3.31. The predicted molar refractivity (Wildman–Crippen MR) is 88.0 cm³/mol. The molecule has 0 aliphatic rings. The van der Waals surface area contributed by atoms with Crippen LogP contribution < -0.4 is 10.9 Å². The lowest BCUT2D eigenvalue weighted by molar-refractivity contribution is 0.0651. The molecule has 10 nitrogen and oxygen atoms in total. The zero-order valence-corrected chi connectivity index (χ0v) is 12.9. The van der Waals surface area contributed by atoms with E-state index in [1.54, 1.807) is 0 Å². The summed E-state index contributed by atoms with van der Waals surface area (Å²) >= 11 is 0. The fourth-order valence-electron chi connectivity index (χ4n) is 2.12. The minimum absolute atomic E-state index is 0.201. The summed E-state index contributed by atoms with van der Waals surface area (Å²) in [7, 11) is 0. The molecular weight excluding hydrogens is 348 g/mol. The summed E-state index contributed by atoms with van der Waals surface area (Å²) in [5, 5.41) is 36.1. The average Bonchev–Trinajstić information content (AvgIpc) is 2.59. The molecule has 134 valence electrons. The first-order chi connectivity index (χ1) is 12.2. The number of hydrogen-bond donors (Lipinski definition) is 6. The van der Waals surface area contributed by atoms with Gasteiger partial charge in [0.1, 0.15) is 0 Å². The maximum absolute atomic E-state index is 11.1. The summed E-state index contributed by atoms with van der Waals surface area (Å²) in [4.78, 5) is 44.3. The first kappa shape index (κ1) is 18.3. The van der Waals surface area contributed by atoms with E-state index in [2.05, 4.69) is 10.9 Å². The first-order valence-corrected chi connectivity index (χ1v) is 6.94. The summed E-state index contributed by atoms with van der Waals surface area (Å²) in [5.74, 6) is -5.63. The topological polar surface area (TPSA) is 173 Å². The van der Waals surface area contributed by atoms with Gasteiger partial charge >= 0.3 is 23.9 Å². The highest BCUT2D eigenvalue weighted by Gasteiger charge is 2.18. The average molecular weight is 360 g/mol. The zero-order chi connectivity index (χ0) is 19.4. The van der Waals surface area contributed by atoms with Gasteiger partial charge in [-0.05, 0) is 36.4 Å². The van der Waals surface area contributed by atoms with Crippen LogP contribution in [0.15, 0.2) is 36.4 Å². The van der Waals surface area contributed by atoms with Gasteiger partial charge in [-0.2, -0.15) is 0 Å². The van der Waals surface area contributed by atoms with E-state index in [1.165, 1.54) is 12.1 Å². The maximum Gasteiger partial charge on any atom is 0.336 e. The Morgan fingerprint density at radius 2 is 0.846 bits per heavy atom. The lowest BCUT2D eigenvalue weighted by atomic mass is 10.1. The minimum atomic E-state index is -1.43. The van der Waals surface area contributed by atoms with Crippen LogP contribution in [0.1, 0.15) is 41.4 Å². The van der Waals surface area contributed by atoms with E-state index in [0.29, 0.717) is 0 Å². The van der Waals surface area contributed by atoms with Gasteiger partial charge in [0.25, 0.3) is 0 Å². The molecular formula is C16H12N2O8. The van der Waals surface area contributed by atoms with E-state index in [1.807, 2.05) is 0 Å². The van der Waals surface area contributed by atoms with Crippen molar-refractivity contribution in [1.29, 1.82) is 0 Å². The fraction of sp³-hybridized carbons (Fsp3) is 0. The molecule has 0 aromatic heterocycles. The van der Waals surface area contributed by atoms with Crippen LogP contribution in [0.2, 0.25) is 0 Å². The minimum Gasteiger partial charge on any atom is -0.478 e. The van der Waals surface area contributed by atoms with Crippen molar-refractivity contribution >= 4 is 35.3 Å². The maximum atomic E-state index is 11.1. The summed E-state index contributed by atoms with van der Waals surface area (Å²) < 4.78 is 0. The van der Waals surface area contributed by atoms with Crippen LogP contribution in [0.25, 0.3) is 0 Å². The van der Waals surface area contributed by atoms with Gasteiger partial charge in [-0.15, -0.1) is 0 Å². The van der Waals surface area contributed by atoms with Gasteiger partial charge in [-0.1, -0.05) is 0 Å². The molecule has 10 heteroatoms. The lowest BCUT2D eigenvalue weighted by Gasteiger charge is -2.12. The SMILES string of the molecule is O=C(O)c1ccc(NNc2ccc(C(=O)O)c(C(=O)O)c2)cc1C(=O)O. The normalized spacial score (nSPS) is 10.0. The van der Waals surface area contributed by atoms with Crippen molar-refractivity contribution in [2.45, 2.75) is 0 Å². The van der Waals surface area contributed by atoms with Gasteiger partial charge in [-0.25, -0.2) is 19.2 Å². The van der Waals surface area contributed by atoms with Gasteiger partial charge in [0.15, 0.2) is 0 Å². The molecule has 26 heavy (non-hydrogen) atoms. The van der Waals surface area contributed by atoms with Crippen LogP contribution in [-0.2, 0) is 0 Å². The number of hydrazine groups is 1. The Hall–Kier alpha value is -4.08. The molecule has 0 heterocycles. The highest BCUT2D eigenvalue weighted by molar-refractivity contribution is 6.03. The number of hydrogen-bond acceptors (Lipinski definition) is 6. The van der Waals surface area contributed by atoms with Crippen LogP contribution in [0.4, 0.5) is 11.4 Å². The van der Waals surface area contributed by atoms with E-state index in [-0.39, 0.29) is 22.5 Å². The Morgan fingerprint density at radius 3 is 1.12 bits per heavy atom. The lowest BCUT2D eigenvalue weighted by Crippen LogP contribution is -2.14. The smallest absolute Gasteiger partial charge is 0.336 e. The first-order valence-electron chi connectivity index (χ1n) is 6.94. The van der Waals surface area contributed by atoms with Gasteiger partial charge in [0.05, 0.1) is 33.6 Å². The standard InChI is InChI=1S/C16H12N2O8/c19-13(20)9-3-1-7(5-11(9)15(23)24)17-18-8-2-4-10(14(21)22)12(6-8)16(25)26/h1-6,17-18H,(H,19,20)(H,21,22)(H,23,24)(H,25,26). The Morgan fingerprint density at radius 1 is 0.538 bits per heavy atom. The number of nitrogens with one attached hydrogen (secondary N) is 2. The van der Waals surface area contributed by atoms with Gasteiger partial charge in [0.2, 0.25) is 0 Å². The van der Waals surface area contributed by atoms with Gasteiger partial charge < -0.3 is 31.3 Å². The van der Waals surface area contributed by atoms with Crippen LogP contribution >= 0.6 is 0 Å². The molecule has 0 amide bonds. The van der Waals surface area contributed by atoms with Crippen molar-refractivity contribution in [2.75, 3.05) is 10.9 Å². The predicted octanol–water partition coefficient (Wildman–Crippen LogP) is 1.92. The molecule has 2 aromatic carbocycles. The number of aromatic carboxylic acids is 4. The quantitative estimate of drug-likeness (QED) is 0.400. The zero-order valence-electron chi connectivity index (χ0n) is 12.9. The summed E-state index contributed by atoms with van der Waals surface area (Å²) in [6.07, 6.45) is 0. The van der Waals surface area contributed by atoms with E-state index in [0.717, 1.165) is 24.3 Å². The number of rotatable bonds is 7. The molecule has 0 radical (unpaired) electrons. The summed E-state index contributed by atoms with van der Waals surface area (Å²) in [6, 6.07) is 7.00. The molecule has 0 saturated heterocycles. The molecule has 0 unspecified atom stereocenters. The van der Waals surface area contributed by atoms with E-state index < -0.39 is 35.0 Å². The van der Waals surface area contributed by atoms with Crippen LogP contribution in [0, 0.1) is 0 Å². The van der Waals surface area contributed by atoms with Gasteiger partial charge in [0, 0.05) is 0 Å². The highest BCUT2D eigenvalue weighted by Crippen LogP contribution is 2.19. The third-order valence-corrected chi connectivity index (χ3v) is 3.31. The molecule has 0 atom stereocenters. The van der Waals surface area contributed by atoms with Crippen molar-refractivity contribution in [3.63, 3.8) is 0 Å². The molecule has 0 saturated carbocycles. The van der Waals surface area contributed by atoms with Gasteiger partial charge in [-0.3, -0.25) is 0 Å². The van der Waals surface area contributed by atoms with Crippen molar-refractivity contribution in [2.24, 2.45) is 0 Å². The van der Waals surface area contributed by atoms with Crippen LogP contribution in [0.5, 0.6) is 0 Å². The molecule has 0 spiro atoms. The second kappa shape index (κ2) is 7.21. The van der Waals surface area contributed by atoms with E-state index in [4.69, 9.17) is 20.4 Å². The van der Waals surface area contributed by atoms with Crippen molar-refractivity contribution < 1.29 is 39.6 Å². The highest BCUT2D eigenvalue weighted by atomic mass is 16.4. The summed E-state index contributed by atoms with van der Waals surface area (Å²) in [5.41, 5.74) is 3.94.